The van der Waals surface area contributed by atoms with E-state index in [1.54, 1.807) is 0 Å². The van der Waals surface area contributed by atoms with Crippen LogP contribution in [0, 0.1) is 5.41 Å². The van der Waals surface area contributed by atoms with E-state index in [0.29, 0.717) is 25.9 Å². The molecule has 1 unspecified atom stereocenters. The van der Waals surface area contributed by atoms with Gasteiger partial charge in [0.05, 0.1) is 10.9 Å². The summed E-state index contributed by atoms with van der Waals surface area (Å²) < 4.78 is 0. The zero-order valence-electron chi connectivity index (χ0n) is 13.3. The number of piperidine rings is 1. The molecule has 1 aliphatic rings. The minimum absolute atomic E-state index is 0.0480. The zero-order valence-corrected chi connectivity index (χ0v) is 13.3. The van der Waals surface area contributed by atoms with E-state index in [9.17, 15) is 9.59 Å². The number of rotatable bonds is 4. The number of fused-ring (bicyclic) bond motifs is 1. The van der Waals surface area contributed by atoms with Crippen LogP contribution in [-0.4, -0.2) is 29.9 Å². The van der Waals surface area contributed by atoms with Crippen molar-refractivity contribution < 1.29 is 9.59 Å². The van der Waals surface area contributed by atoms with Crippen LogP contribution in [-0.2, 0) is 16.0 Å². The number of hydrogen-bond acceptors (Lipinski definition) is 3. The van der Waals surface area contributed by atoms with Crippen molar-refractivity contribution in [1.82, 2.24) is 15.6 Å². The molecule has 0 saturated carbocycles. The van der Waals surface area contributed by atoms with E-state index in [2.05, 4.69) is 15.6 Å². The minimum Gasteiger partial charge on any atom is -0.356 e. The first kappa shape index (κ1) is 15.5. The highest BCUT2D eigenvalue weighted by molar-refractivity contribution is 5.89. The van der Waals surface area contributed by atoms with Gasteiger partial charge in [0.1, 0.15) is 0 Å². The molecule has 0 aliphatic carbocycles. The Morgan fingerprint density at radius 3 is 2.96 bits per heavy atom. The third-order valence-electron chi connectivity index (χ3n) is 4.42. The number of benzene rings is 1. The smallest absolute Gasteiger partial charge is 0.226 e. The first-order valence-electron chi connectivity index (χ1n) is 7.96. The number of aromatic nitrogens is 1. The summed E-state index contributed by atoms with van der Waals surface area (Å²) in [5, 5.41) is 6.83. The predicted octanol–water partition coefficient (Wildman–Crippen LogP) is 1.81. The van der Waals surface area contributed by atoms with Gasteiger partial charge in [-0.2, -0.15) is 0 Å². The molecule has 5 heteroatoms. The molecule has 1 saturated heterocycles. The van der Waals surface area contributed by atoms with Crippen molar-refractivity contribution in [2.45, 2.75) is 26.2 Å². The van der Waals surface area contributed by atoms with Gasteiger partial charge in [0.15, 0.2) is 0 Å². The van der Waals surface area contributed by atoms with Crippen LogP contribution in [0.3, 0.4) is 0 Å². The summed E-state index contributed by atoms with van der Waals surface area (Å²) in [6.45, 7) is 2.95. The second kappa shape index (κ2) is 6.36. The first-order valence-corrected chi connectivity index (χ1v) is 7.96. The molecule has 0 bridgehead atoms. The van der Waals surface area contributed by atoms with E-state index in [0.717, 1.165) is 16.6 Å². The lowest BCUT2D eigenvalue weighted by molar-refractivity contribution is -0.138. The number of carbonyl (C=O) groups is 2. The number of carbonyl (C=O) groups excluding carboxylic acids is 2. The summed E-state index contributed by atoms with van der Waals surface area (Å²) >= 11 is 0. The summed E-state index contributed by atoms with van der Waals surface area (Å²) in [6, 6.07) is 12.0. The summed E-state index contributed by atoms with van der Waals surface area (Å²) in [5.74, 6) is -0.0989. The van der Waals surface area contributed by atoms with E-state index < -0.39 is 5.41 Å². The van der Waals surface area contributed by atoms with Gasteiger partial charge in [-0.3, -0.25) is 14.6 Å². The topological polar surface area (TPSA) is 71.1 Å². The fraction of sp³-hybridized carbons (Fsp3) is 0.389. The molecule has 23 heavy (non-hydrogen) atoms. The molecule has 5 nitrogen and oxygen atoms in total. The Morgan fingerprint density at radius 1 is 1.30 bits per heavy atom. The number of para-hydroxylation sites is 1. The maximum atomic E-state index is 12.4. The molecule has 1 aliphatic heterocycles. The molecule has 1 aromatic heterocycles. The van der Waals surface area contributed by atoms with Crippen LogP contribution in [0.5, 0.6) is 0 Å². The van der Waals surface area contributed by atoms with Crippen LogP contribution in [0.25, 0.3) is 10.9 Å². The molecule has 0 radical (unpaired) electrons. The van der Waals surface area contributed by atoms with Gasteiger partial charge >= 0.3 is 0 Å². The van der Waals surface area contributed by atoms with Gasteiger partial charge in [-0.15, -0.1) is 0 Å². The Balaban J connectivity index is 1.57. The van der Waals surface area contributed by atoms with Gasteiger partial charge in [0.2, 0.25) is 11.8 Å². The third kappa shape index (κ3) is 3.50. The highest BCUT2D eigenvalue weighted by Gasteiger charge is 2.37. The van der Waals surface area contributed by atoms with Gasteiger partial charge in [-0.05, 0) is 18.6 Å². The third-order valence-corrected chi connectivity index (χ3v) is 4.42. The van der Waals surface area contributed by atoms with Gasteiger partial charge in [-0.1, -0.05) is 31.2 Å². The molecule has 0 spiro atoms. The summed E-state index contributed by atoms with van der Waals surface area (Å²) in [6.07, 6.45) is 1.62. The summed E-state index contributed by atoms with van der Waals surface area (Å²) in [7, 11) is 0. The number of hydrogen-bond donors (Lipinski definition) is 2. The molecule has 1 fully saturated rings. The number of pyridine rings is 1. The van der Waals surface area contributed by atoms with Crippen molar-refractivity contribution in [3.8, 4) is 0 Å². The highest BCUT2D eigenvalue weighted by Crippen LogP contribution is 2.28. The van der Waals surface area contributed by atoms with Crippen LogP contribution >= 0.6 is 0 Å². The molecule has 1 atom stereocenters. The van der Waals surface area contributed by atoms with Gasteiger partial charge < -0.3 is 10.6 Å². The molecule has 2 aromatic rings. The van der Waals surface area contributed by atoms with Crippen LogP contribution < -0.4 is 10.6 Å². The Morgan fingerprint density at radius 2 is 2.13 bits per heavy atom. The summed E-state index contributed by atoms with van der Waals surface area (Å²) in [5.41, 5.74) is 1.32. The van der Waals surface area contributed by atoms with Crippen LogP contribution in [0.1, 0.15) is 25.5 Å². The number of amides is 2. The molecule has 2 amide bonds. The minimum atomic E-state index is -0.598. The van der Waals surface area contributed by atoms with E-state index in [4.69, 9.17) is 0 Å². The average Bonchev–Trinajstić information content (AvgIpc) is 2.54. The lowest BCUT2D eigenvalue weighted by atomic mass is 9.80. The standard InChI is InChI=1S/C18H21N3O2/c1-18(9-11-19-16(22)12-18)17(23)20-10-8-14-7-6-13-4-2-3-5-15(13)21-14/h2-7H,8-12H2,1H3,(H,19,22)(H,20,23). The second-order valence-electron chi connectivity index (χ2n) is 6.34. The lowest BCUT2D eigenvalue weighted by Crippen LogP contribution is -2.48. The number of nitrogens with zero attached hydrogens (tertiary/aromatic N) is 1. The monoisotopic (exact) mass is 311 g/mol. The molecule has 2 heterocycles. The molecule has 3 rings (SSSR count). The molecule has 2 N–H and O–H groups in total. The van der Waals surface area contributed by atoms with Crippen molar-refractivity contribution in [2.75, 3.05) is 13.1 Å². The van der Waals surface area contributed by atoms with E-state index in [-0.39, 0.29) is 18.2 Å². The maximum absolute atomic E-state index is 12.4. The lowest BCUT2D eigenvalue weighted by Gasteiger charge is -2.31. The van der Waals surface area contributed by atoms with Crippen molar-refractivity contribution in [3.05, 3.63) is 42.1 Å². The van der Waals surface area contributed by atoms with Gasteiger partial charge in [-0.25, -0.2) is 0 Å². The molecule has 1 aromatic carbocycles. The molecular formula is C18H21N3O2. The zero-order chi connectivity index (χ0) is 16.3. The fourth-order valence-electron chi connectivity index (χ4n) is 2.94. The maximum Gasteiger partial charge on any atom is 0.226 e. The van der Waals surface area contributed by atoms with Crippen molar-refractivity contribution >= 4 is 22.7 Å². The summed E-state index contributed by atoms with van der Waals surface area (Å²) in [4.78, 5) is 28.5. The fourth-order valence-corrected chi connectivity index (χ4v) is 2.94. The largest absolute Gasteiger partial charge is 0.356 e. The van der Waals surface area contributed by atoms with Gasteiger partial charge in [0.25, 0.3) is 0 Å². The quantitative estimate of drug-likeness (QED) is 0.904. The van der Waals surface area contributed by atoms with Crippen molar-refractivity contribution in [1.29, 1.82) is 0 Å². The Kier molecular flexibility index (Phi) is 4.28. The van der Waals surface area contributed by atoms with Crippen molar-refractivity contribution in [3.63, 3.8) is 0 Å². The second-order valence-corrected chi connectivity index (χ2v) is 6.34. The SMILES string of the molecule is CC1(C(=O)NCCc2ccc3ccccc3n2)CCNC(=O)C1. The van der Waals surface area contributed by atoms with Crippen LogP contribution in [0.2, 0.25) is 0 Å². The highest BCUT2D eigenvalue weighted by atomic mass is 16.2. The predicted molar refractivity (Wildman–Crippen MR) is 88.8 cm³/mol. The first-order chi connectivity index (χ1) is 11.1. The van der Waals surface area contributed by atoms with Crippen molar-refractivity contribution in [2.24, 2.45) is 5.41 Å². The Labute approximate surface area is 135 Å². The number of nitrogens with one attached hydrogen (secondary N) is 2. The van der Waals surface area contributed by atoms with E-state index >= 15 is 0 Å². The van der Waals surface area contributed by atoms with E-state index in [1.807, 2.05) is 43.3 Å². The average molecular weight is 311 g/mol. The van der Waals surface area contributed by atoms with Crippen LogP contribution in [0.15, 0.2) is 36.4 Å². The molecular weight excluding hydrogens is 290 g/mol. The molecule has 120 valence electrons. The van der Waals surface area contributed by atoms with E-state index in [1.165, 1.54) is 0 Å². The Hall–Kier alpha value is -2.43. The van der Waals surface area contributed by atoms with Gasteiger partial charge in [0, 0.05) is 37.0 Å². The normalized spacial score (nSPS) is 21.0. The Bertz CT molecular complexity index is 744. The van der Waals surface area contributed by atoms with Crippen LogP contribution in [0.4, 0.5) is 0 Å².